The molecule has 0 aliphatic heterocycles. The first-order valence-corrected chi connectivity index (χ1v) is 10.9. The van der Waals surface area contributed by atoms with Crippen molar-refractivity contribution in [2.24, 2.45) is 34.5 Å². The van der Waals surface area contributed by atoms with Crippen molar-refractivity contribution in [1.82, 2.24) is 0 Å². The number of ketones is 2. The SMILES string of the molecule is C[C@]12CC[C@](O)(C(Cl)(Cl)Cl)C[C@H]1CC(=O)[C@H]1[C@H]3CCC(=O)[C@@]3(C)CC[C@@H]12. The summed E-state index contributed by atoms with van der Waals surface area (Å²) in [5.74, 6) is 1.09. The number of rotatable bonds is 0. The molecule has 0 aromatic carbocycles. The molecule has 6 heteroatoms. The minimum atomic E-state index is -1.74. The van der Waals surface area contributed by atoms with Crippen LogP contribution in [0.2, 0.25) is 0 Å². The van der Waals surface area contributed by atoms with Gasteiger partial charge in [0.1, 0.15) is 17.2 Å². The highest BCUT2D eigenvalue weighted by Gasteiger charge is 2.65. The number of carbonyl (C=O) groups is 2. The highest BCUT2D eigenvalue weighted by atomic mass is 35.6. The van der Waals surface area contributed by atoms with Gasteiger partial charge in [-0.25, -0.2) is 0 Å². The Hall–Kier alpha value is 0.170. The molecule has 7 atom stereocenters. The summed E-state index contributed by atoms with van der Waals surface area (Å²) in [4.78, 5) is 25.7. The predicted octanol–water partition coefficient (Wildman–Crippen LogP) is 4.88. The van der Waals surface area contributed by atoms with Gasteiger partial charge in [-0.1, -0.05) is 48.7 Å². The lowest BCUT2D eigenvalue weighted by molar-refractivity contribution is -0.167. The second kappa shape index (κ2) is 5.84. The maximum absolute atomic E-state index is 13.2. The smallest absolute Gasteiger partial charge is 0.218 e. The highest BCUT2D eigenvalue weighted by molar-refractivity contribution is 6.68. The van der Waals surface area contributed by atoms with E-state index in [2.05, 4.69) is 13.8 Å². The molecule has 0 spiro atoms. The average Bonchev–Trinajstić information content (AvgIpc) is 2.84. The fourth-order valence-electron chi connectivity index (χ4n) is 6.96. The summed E-state index contributed by atoms with van der Waals surface area (Å²) in [6.07, 6.45) is 5.24. The molecule has 0 heterocycles. The number of aliphatic hydroxyl groups is 1. The Labute approximate surface area is 170 Å². The van der Waals surface area contributed by atoms with Gasteiger partial charge in [0, 0.05) is 24.2 Å². The molecule has 0 amide bonds. The first-order chi connectivity index (χ1) is 11.9. The van der Waals surface area contributed by atoms with E-state index in [9.17, 15) is 14.7 Å². The second-order valence-corrected chi connectivity index (χ2v) is 12.0. The lowest BCUT2D eigenvalue weighted by Crippen LogP contribution is -2.60. The first-order valence-electron chi connectivity index (χ1n) is 9.77. The quantitative estimate of drug-likeness (QED) is 0.567. The van der Waals surface area contributed by atoms with Crippen LogP contribution in [-0.2, 0) is 9.59 Å². The zero-order chi connectivity index (χ0) is 19.1. The molecule has 4 aliphatic rings. The van der Waals surface area contributed by atoms with E-state index in [1.807, 2.05) is 0 Å². The molecule has 0 bridgehead atoms. The number of hydrogen-bond acceptors (Lipinski definition) is 3. The van der Waals surface area contributed by atoms with Gasteiger partial charge in [-0.15, -0.1) is 0 Å². The van der Waals surface area contributed by atoms with Crippen molar-refractivity contribution in [1.29, 1.82) is 0 Å². The third-order valence-electron chi connectivity index (χ3n) is 8.77. The maximum atomic E-state index is 13.2. The molecule has 4 fully saturated rings. The van der Waals surface area contributed by atoms with E-state index in [-0.39, 0.29) is 40.3 Å². The van der Waals surface area contributed by atoms with Gasteiger partial charge in [-0.2, -0.15) is 0 Å². The van der Waals surface area contributed by atoms with Gasteiger partial charge in [-0.05, 0) is 61.7 Å². The van der Waals surface area contributed by atoms with Crippen LogP contribution in [0.3, 0.4) is 0 Å². The second-order valence-electron chi connectivity index (χ2n) is 9.76. The van der Waals surface area contributed by atoms with E-state index >= 15 is 0 Å². The molecule has 26 heavy (non-hydrogen) atoms. The molecule has 0 aromatic rings. The Morgan fingerprint density at radius 1 is 1.04 bits per heavy atom. The van der Waals surface area contributed by atoms with E-state index < -0.39 is 9.39 Å². The van der Waals surface area contributed by atoms with Crippen LogP contribution in [0.5, 0.6) is 0 Å². The van der Waals surface area contributed by atoms with Gasteiger partial charge < -0.3 is 5.11 Å². The summed E-state index contributed by atoms with van der Waals surface area (Å²) < 4.78 is -1.74. The van der Waals surface area contributed by atoms with Crippen LogP contribution in [0, 0.1) is 34.5 Å². The van der Waals surface area contributed by atoms with Crippen molar-refractivity contribution >= 4 is 46.4 Å². The van der Waals surface area contributed by atoms with E-state index in [1.165, 1.54) is 0 Å². The normalized spacial score (nSPS) is 51.6. The number of carbonyl (C=O) groups excluding carboxylic acids is 2. The molecule has 4 rings (SSSR count). The lowest BCUT2D eigenvalue weighted by atomic mass is 9.44. The van der Waals surface area contributed by atoms with Gasteiger partial charge in [0.15, 0.2) is 0 Å². The van der Waals surface area contributed by atoms with Gasteiger partial charge in [-0.3, -0.25) is 9.59 Å². The van der Waals surface area contributed by atoms with Gasteiger partial charge in [0.05, 0.1) is 0 Å². The van der Waals surface area contributed by atoms with Crippen LogP contribution in [0.1, 0.15) is 65.2 Å². The number of hydrogen-bond donors (Lipinski definition) is 1. The fraction of sp³-hybridized carbons (Fsp3) is 0.900. The predicted molar refractivity (Wildman–Crippen MR) is 102 cm³/mol. The molecule has 0 saturated heterocycles. The summed E-state index contributed by atoms with van der Waals surface area (Å²) >= 11 is 18.2. The zero-order valence-corrected chi connectivity index (χ0v) is 17.6. The Balaban J connectivity index is 1.66. The summed E-state index contributed by atoms with van der Waals surface area (Å²) in [6, 6.07) is 0. The van der Waals surface area contributed by atoms with E-state index in [4.69, 9.17) is 34.8 Å². The van der Waals surface area contributed by atoms with E-state index in [1.54, 1.807) is 0 Å². The molecular formula is C20H27Cl3O3. The molecule has 4 aliphatic carbocycles. The van der Waals surface area contributed by atoms with E-state index in [0.29, 0.717) is 31.5 Å². The van der Waals surface area contributed by atoms with Crippen molar-refractivity contribution in [3.05, 3.63) is 0 Å². The first kappa shape index (κ1) is 19.5. The summed E-state index contributed by atoms with van der Waals surface area (Å²) in [6.45, 7) is 4.34. The molecule has 0 radical (unpaired) electrons. The van der Waals surface area contributed by atoms with Crippen LogP contribution in [0.15, 0.2) is 0 Å². The topological polar surface area (TPSA) is 54.4 Å². The third-order valence-corrected chi connectivity index (χ3v) is 9.82. The Morgan fingerprint density at radius 3 is 2.38 bits per heavy atom. The van der Waals surface area contributed by atoms with Crippen molar-refractivity contribution in [3.63, 3.8) is 0 Å². The van der Waals surface area contributed by atoms with Gasteiger partial charge >= 0.3 is 0 Å². The number of fused-ring (bicyclic) bond motifs is 5. The fourth-order valence-corrected chi connectivity index (χ4v) is 7.47. The van der Waals surface area contributed by atoms with Crippen LogP contribution < -0.4 is 0 Å². The van der Waals surface area contributed by atoms with Crippen molar-refractivity contribution < 1.29 is 14.7 Å². The number of alkyl halides is 3. The van der Waals surface area contributed by atoms with Gasteiger partial charge in [0.2, 0.25) is 3.79 Å². The molecule has 0 aromatic heterocycles. The van der Waals surface area contributed by atoms with Crippen LogP contribution in [0.4, 0.5) is 0 Å². The van der Waals surface area contributed by atoms with Crippen molar-refractivity contribution in [2.75, 3.05) is 0 Å². The lowest BCUT2D eigenvalue weighted by Gasteiger charge is -2.61. The van der Waals surface area contributed by atoms with Gasteiger partial charge in [0.25, 0.3) is 0 Å². The van der Waals surface area contributed by atoms with Crippen LogP contribution >= 0.6 is 34.8 Å². The Bertz CT molecular complexity index is 659. The zero-order valence-electron chi connectivity index (χ0n) is 15.4. The monoisotopic (exact) mass is 420 g/mol. The van der Waals surface area contributed by atoms with Crippen LogP contribution in [-0.4, -0.2) is 26.1 Å². The Morgan fingerprint density at radius 2 is 1.73 bits per heavy atom. The van der Waals surface area contributed by atoms with Crippen molar-refractivity contribution in [2.45, 2.75) is 74.6 Å². The maximum Gasteiger partial charge on any atom is 0.218 e. The highest BCUT2D eigenvalue weighted by Crippen LogP contribution is 2.66. The molecule has 146 valence electrons. The Kier molecular flexibility index (Phi) is 4.38. The number of halogens is 3. The molecular weight excluding hydrogens is 395 g/mol. The van der Waals surface area contributed by atoms with Crippen LogP contribution in [0.25, 0.3) is 0 Å². The average molecular weight is 422 g/mol. The largest absolute Gasteiger partial charge is 0.385 e. The summed E-state index contributed by atoms with van der Waals surface area (Å²) in [7, 11) is 0. The third kappa shape index (κ3) is 2.49. The molecule has 0 unspecified atom stereocenters. The minimum absolute atomic E-state index is 0.0135. The van der Waals surface area contributed by atoms with Crippen molar-refractivity contribution in [3.8, 4) is 0 Å². The molecule has 3 nitrogen and oxygen atoms in total. The number of Topliss-reactive ketones (excluding diaryl/α,β-unsaturated/α-hetero) is 2. The molecule has 1 N–H and O–H groups in total. The molecule has 4 saturated carbocycles. The summed E-state index contributed by atoms with van der Waals surface area (Å²) in [5, 5.41) is 10.9. The standard InChI is InChI=1S/C20H27Cl3O3/c1-17-7-8-19(26,20(21,22)23)10-11(17)9-14(24)16-12-3-4-15(25)18(12,2)6-5-13(16)17/h11-13,16,26H,3-10H2,1-2H3/t11-,12-,13+,16+,17+,18+,19-/m1/s1. The summed E-state index contributed by atoms with van der Waals surface area (Å²) in [5.41, 5.74) is -1.72. The van der Waals surface area contributed by atoms with E-state index in [0.717, 1.165) is 25.7 Å². The minimum Gasteiger partial charge on any atom is -0.385 e.